The molecule has 0 aromatic carbocycles. The van der Waals surface area contributed by atoms with Gasteiger partial charge in [0.25, 0.3) is 5.91 Å². The van der Waals surface area contributed by atoms with E-state index >= 15 is 0 Å². The lowest BCUT2D eigenvalue weighted by Crippen LogP contribution is -2.40. The number of fused-ring (bicyclic) bond motifs is 1. The van der Waals surface area contributed by atoms with Gasteiger partial charge in [0.05, 0.1) is 11.5 Å². The Morgan fingerprint density at radius 2 is 2.00 bits per heavy atom. The van der Waals surface area contributed by atoms with E-state index in [0.29, 0.717) is 18.7 Å². The van der Waals surface area contributed by atoms with Crippen LogP contribution in [0.2, 0.25) is 0 Å². The smallest absolute Gasteiger partial charge is 0.307 e. The number of hydrogen-bond donors (Lipinski definition) is 1. The summed E-state index contributed by atoms with van der Waals surface area (Å²) >= 11 is 0. The average molecular weight is 314 g/mol. The van der Waals surface area contributed by atoms with Gasteiger partial charge in [-0.3, -0.25) is 14.0 Å². The van der Waals surface area contributed by atoms with E-state index in [1.807, 2.05) is 11.8 Å². The summed E-state index contributed by atoms with van der Waals surface area (Å²) in [6, 6.07) is 3.56. The van der Waals surface area contributed by atoms with Crippen molar-refractivity contribution in [1.82, 2.24) is 19.5 Å². The summed E-state index contributed by atoms with van der Waals surface area (Å²) in [5, 5.41) is 17.1. The first-order valence-electron chi connectivity index (χ1n) is 7.84. The standard InChI is InChI=1S/C16H18N4O3/c1-10-17-18-13-3-2-11(9-20(10)13)14(21)19-6-4-16(5-7-19)8-12(16)15(22)23/h2-3,9,12H,4-8H2,1H3,(H,22,23). The van der Waals surface area contributed by atoms with Crippen molar-refractivity contribution < 1.29 is 14.7 Å². The Kier molecular flexibility index (Phi) is 2.94. The highest BCUT2D eigenvalue weighted by atomic mass is 16.4. The Bertz CT molecular complexity index is 805. The number of nitrogens with zero attached hydrogens (tertiary/aromatic N) is 4. The number of carbonyl (C=O) groups excluding carboxylic acids is 1. The van der Waals surface area contributed by atoms with Crippen molar-refractivity contribution in [3.63, 3.8) is 0 Å². The normalized spacial score (nSPS) is 22.5. The molecular weight excluding hydrogens is 296 g/mol. The first kappa shape index (κ1) is 14.2. The SMILES string of the molecule is Cc1nnc2ccc(C(=O)N3CCC4(CC3)CC4C(=O)O)cn12. The lowest BCUT2D eigenvalue weighted by molar-refractivity contribution is -0.139. The third-order valence-electron chi connectivity index (χ3n) is 5.35. The van der Waals surface area contributed by atoms with Gasteiger partial charge in [-0.2, -0.15) is 0 Å². The van der Waals surface area contributed by atoms with Crippen LogP contribution in [0.3, 0.4) is 0 Å². The Labute approximate surface area is 132 Å². The predicted octanol–water partition coefficient (Wildman–Crippen LogP) is 1.36. The summed E-state index contributed by atoms with van der Waals surface area (Å²) in [7, 11) is 0. The van der Waals surface area contributed by atoms with E-state index in [1.54, 1.807) is 22.7 Å². The molecule has 7 heteroatoms. The molecule has 1 amide bonds. The monoisotopic (exact) mass is 314 g/mol. The zero-order chi connectivity index (χ0) is 16.2. The van der Waals surface area contributed by atoms with Crippen molar-refractivity contribution in [2.75, 3.05) is 13.1 Å². The molecule has 0 radical (unpaired) electrons. The van der Waals surface area contributed by atoms with E-state index in [0.717, 1.165) is 30.7 Å². The molecular formula is C16H18N4O3. The summed E-state index contributed by atoms with van der Waals surface area (Å²) < 4.78 is 1.81. The molecule has 1 aliphatic heterocycles. The third-order valence-corrected chi connectivity index (χ3v) is 5.35. The second-order valence-corrected chi connectivity index (χ2v) is 6.64. The van der Waals surface area contributed by atoms with Crippen molar-refractivity contribution in [2.24, 2.45) is 11.3 Å². The first-order valence-corrected chi connectivity index (χ1v) is 7.84. The number of pyridine rings is 1. The Morgan fingerprint density at radius 1 is 1.26 bits per heavy atom. The highest BCUT2D eigenvalue weighted by molar-refractivity contribution is 5.94. The maximum atomic E-state index is 12.7. The van der Waals surface area contributed by atoms with Gasteiger partial charge in [0, 0.05) is 19.3 Å². The largest absolute Gasteiger partial charge is 0.481 e. The Morgan fingerprint density at radius 3 is 2.65 bits per heavy atom. The molecule has 7 nitrogen and oxygen atoms in total. The van der Waals surface area contributed by atoms with Gasteiger partial charge in [-0.15, -0.1) is 10.2 Å². The molecule has 1 N–H and O–H groups in total. The number of aromatic nitrogens is 3. The summed E-state index contributed by atoms with van der Waals surface area (Å²) in [5.74, 6) is -0.175. The van der Waals surface area contributed by atoms with Gasteiger partial charge in [-0.25, -0.2) is 0 Å². The first-order chi connectivity index (χ1) is 11.0. The van der Waals surface area contributed by atoms with Crippen LogP contribution in [0.4, 0.5) is 0 Å². The highest BCUT2D eigenvalue weighted by Gasteiger charge is 2.59. The molecule has 4 rings (SSSR count). The summed E-state index contributed by atoms with van der Waals surface area (Å²) in [5.41, 5.74) is 1.28. The minimum absolute atomic E-state index is 0.0117. The second kappa shape index (κ2) is 4.78. The third kappa shape index (κ3) is 2.18. The number of aryl methyl sites for hydroxylation is 1. The van der Waals surface area contributed by atoms with Crippen LogP contribution >= 0.6 is 0 Å². The van der Waals surface area contributed by atoms with Crippen LogP contribution < -0.4 is 0 Å². The molecule has 1 atom stereocenters. The predicted molar refractivity (Wildman–Crippen MR) is 81.0 cm³/mol. The van der Waals surface area contributed by atoms with Gasteiger partial charge in [-0.05, 0) is 43.7 Å². The number of likely N-dealkylation sites (tertiary alicyclic amines) is 1. The average Bonchev–Trinajstić information content (AvgIpc) is 3.14. The molecule has 120 valence electrons. The molecule has 23 heavy (non-hydrogen) atoms. The lowest BCUT2D eigenvalue weighted by Gasteiger charge is -2.32. The number of aliphatic carboxylic acids is 1. The van der Waals surface area contributed by atoms with Crippen molar-refractivity contribution in [3.8, 4) is 0 Å². The zero-order valence-corrected chi connectivity index (χ0v) is 12.9. The van der Waals surface area contributed by atoms with Gasteiger partial charge in [0.15, 0.2) is 5.65 Å². The molecule has 3 heterocycles. The van der Waals surface area contributed by atoms with Crippen LogP contribution in [0.15, 0.2) is 18.3 Å². The van der Waals surface area contributed by atoms with E-state index in [4.69, 9.17) is 5.11 Å². The number of piperidine rings is 1. The van der Waals surface area contributed by atoms with E-state index in [-0.39, 0.29) is 17.2 Å². The second-order valence-electron chi connectivity index (χ2n) is 6.64. The topological polar surface area (TPSA) is 87.8 Å². The number of carbonyl (C=O) groups is 2. The number of rotatable bonds is 2. The molecule has 2 aromatic rings. The van der Waals surface area contributed by atoms with Crippen LogP contribution in [0.1, 0.15) is 35.4 Å². The van der Waals surface area contributed by atoms with Gasteiger partial charge < -0.3 is 10.0 Å². The van der Waals surface area contributed by atoms with Crippen molar-refractivity contribution in [3.05, 3.63) is 29.7 Å². The van der Waals surface area contributed by atoms with Crippen molar-refractivity contribution in [1.29, 1.82) is 0 Å². The minimum atomic E-state index is -0.696. The summed E-state index contributed by atoms with van der Waals surface area (Å²) in [6.07, 6.45) is 4.10. The molecule has 1 spiro atoms. The number of hydrogen-bond acceptors (Lipinski definition) is 4. The zero-order valence-electron chi connectivity index (χ0n) is 12.9. The van der Waals surface area contributed by atoms with Crippen LogP contribution in [0, 0.1) is 18.3 Å². The van der Waals surface area contributed by atoms with E-state index < -0.39 is 5.97 Å². The summed E-state index contributed by atoms with van der Waals surface area (Å²) in [6.45, 7) is 3.10. The molecule has 1 aliphatic carbocycles. The van der Waals surface area contributed by atoms with E-state index in [2.05, 4.69) is 10.2 Å². The molecule has 2 aromatic heterocycles. The maximum Gasteiger partial charge on any atom is 0.307 e. The van der Waals surface area contributed by atoms with Crippen LogP contribution in [-0.4, -0.2) is 49.6 Å². The fraction of sp³-hybridized carbons (Fsp3) is 0.500. The van der Waals surface area contributed by atoms with Crippen LogP contribution in [-0.2, 0) is 4.79 Å². The van der Waals surface area contributed by atoms with Gasteiger partial charge in [0.2, 0.25) is 0 Å². The fourth-order valence-electron chi connectivity index (χ4n) is 3.72. The number of amides is 1. The molecule has 2 aliphatic rings. The van der Waals surface area contributed by atoms with Crippen molar-refractivity contribution >= 4 is 17.5 Å². The van der Waals surface area contributed by atoms with Gasteiger partial charge >= 0.3 is 5.97 Å². The van der Waals surface area contributed by atoms with E-state index in [1.165, 1.54) is 0 Å². The minimum Gasteiger partial charge on any atom is -0.481 e. The van der Waals surface area contributed by atoms with Crippen LogP contribution in [0.25, 0.3) is 5.65 Å². The van der Waals surface area contributed by atoms with Crippen molar-refractivity contribution in [2.45, 2.75) is 26.2 Å². The summed E-state index contributed by atoms with van der Waals surface area (Å²) in [4.78, 5) is 25.6. The number of carboxylic acids is 1. The molecule has 0 bridgehead atoms. The lowest BCUT2D eigenvalue weighted by atomic mass is 9.90. The molecule has 1 unspecified atom stereocenters. The molecule has 1 saturated heterocycles. The molecule has 1 saturated carbocycles. The van der Waals surface area contributed by atoms with Crippen LogP contribution in [0.5, 0.6) is 0 Å². The van der Waals surface area contributed by atoms with E-state index in [9.17, 15) is 9.59 Å². The molecule has 2 fully saturated rings. The Hall–Kier alpha value is -2.44. The number of carboxylic acid groups (broad SMARTS) is 1. The Balaban J connectivity index is 1.49. The fourth-order valence-corrected chi connectivity index (χ4v) is 3.72. The quantitative estimate of drug-likeness (QED) is 0.904. The van der Waals surface area contributed by atoms with Gasteiger partial charge in [0.1, 0.15) is 5.82 Å². The highest BCUT2D eigenvalue weighted by Crippen LogP contribution is 2.59. The van der Waals surface area contributed by atoms with Gasteiger partial charge in [-0.1, -0.05) is 0 Å². The maximum absolute atomic E-state index is 12.7.